The molecule has 1 amide bonds. The maximum absolute atomic E-state index is 12.8. The summed E-state index contributed by atoms with van der Waals surface area (Å²) < 4.78 is 5.84. The van der Waals surface area contributed by atoms with Crippen molar-refractivity contribution >= 4 is 23.2 Å². The van der Waals surface area contributed by atoms with Crippen molar-refractivity contribution in [1.82, 2.24) is 10.6 Å². The highest BCUT2D eigenvalue weighted by Gasteiger charge is 2.29. The maximum Gasteiger partial charge on any atom is 0.227 e. The molecular weight excluding hydrogens is 412 g/mol. The largest absolute Gasteiger partial charge is 0.489 e. The van der Waals surface area contributed by atoms with E-state index in [0.29, 0.717) is 22.9 Å². The Kier molecular flexibility index (Phi) is 9.31. The fraction of sp³-hybridized carbons (Fsp3) is 0.458. The molecule has 170 valence electrons. The monoisotopic (exact) mass is 446 g/mol. The van der Waals surface area contributed by atoms with Crippen molar-refractivity contribution in [2.75, 3.05) is 12.4 Å². The van der Waals surface area contributed by atoms with E-state index in [2.05, 4.69) is 22.5 Å². The molecule has 1 aromatic carbocycles. The van der Waals surface area contributed by atoms with Gasteiger partial charge in [0.25, 0.3) is 0 Å². The summed E-state index contributed by atoms with van der Waals surface area (Å²) in [5.41, 5.74) is 9.47. The molecule has 0 radical (unpaired) electrons. The number of benzene rings is 1. The summed E-state index contributed by atoms with van der Waals surface area (Å²) in [6, 6.07) is 5.45. The van der Waals surface area contributed by atoms with Gasteiger partial charge in [0, 0.05) is 41.5 Å². The number of halogens is 1. The zero-order valence-electron chi connectivity index (χ0n) is 18.9. The van der Waals surface area contributed by atoms with Crippen molar-refractivity contribution < 1.29 is 9.53 Å². The first-order chi connectivity index (χ1) is 14.7. The Labute approximate surface area is 190 Å². The predicted octanol–water partition coefficient (Wildman–Crippen LogP) is 4.90. The van der Waals surface area contributed by atoms with E-state index in [1.54, 1.807) is 18.3 Å². The molecule has 1 saturated carbocycles. The number of nitrogens with one attached hydrogen (secondary N) is 3. The standard InChI is InChI=1S/C24H35ClN4O2/c1-6-21(16(4)27-5)29-24(30)18-9-7-8-17(12-18)20(26)14-28-22-13-19(25)10-11-23(22)31-15(2)3/h6,10-11,13-15,17-18,27-28H,1,7-9,12,26H2,2-5H3,(H,29,30)/b20-14-,21-16+. The normalized spacial score (nSPS) is 20.0. The lowest BCUT2D eigenvalue weighted by molar-refractivity contribution is -0.125. The Morgan fingerprint density at radius 2 is 2.03 bits per heavy atom. The van der Waals surface area contributed by atoms with Crippen LogP contribution in [0.1, 0.15) is 46.5 Å². The van der Waals surface area contributed by atoms with Crippen LogP contribution in [0.2, 0.25) is 5.02 Å². The van der Waals surface area contributed by atoms with Crippen molar-refractivity contribution in [1.29, 1.82) is 0 Å². The number of carbonyl (C=O) groups excluding carboxylic acids is 1. The molecule has 1 aliphatic carbocycles. The van der Waals surface area contributed by atoms with Gasteiger partial charge in [0.1, 0.15) is 5.75 Å². The third-order valence-corrected chi connectivity index (χ3v) is 5.69. The first-order valence-electron chi connectivity index (χ1n) is 10.7. The quantitative estimate of drug-likeness (QED) is 0.405. The van der Waals surface area contributed by atoms with E-state index >= 15 is 0 Å². The molecule has 2 atom stereocenters. The molecule has 2 rings (SSSR count). The van der Waals surface area contributed by atoms with Crippen molar-refractivity contribution in [2.24, 2.45) is 17.6 Å². The van der Waals surface area contributed by atoms with E-state index < -0.39 is 0 Å². The molecule has 1 fully saturated rings. The minimum atomic E-state index is -0.0867. The maximum atomic E-state index is 12.8. The lowest BCUT2D eigenvalue weighted by Crippen LogP contribution is -2.35. The molecule has 2 unspecified atom stereocenters. The number of amides is 1. The first kappa shape index (κ1) is 24.7. The fourth-order valence-corrected chi connectivity index (χ4v) is 3.82. The van der Waals surface area contributed by atoms with Gasteiger partial charge in [-0.15, -0.1) is 0 Å². The number of anilines is 1. The number of ether oxygens (including phenoxy) is 1. The lowest BCUT2D eigenvalue weighted by atomic mass is 9.79. The molecule has 0 heterocycles. The van der Waals surface area contributed by atoms with Gasteiger partial charge in [-0.1, -0.05) is 24.6 Å². The SMILES string of the molecule is C=C/C(NC(=O)C1CCCC(/C(N)=C/Nc2cc(Cl)ccc2OC(C)C)C1)=C(/C)NC. The van der Waals surface area contributed by atoms with Crippen molar-refractivity contribution in [3.05, 3.63) is 59.2 Å². The van der Waals surface area contributed by atoms with Gasteiger partial charge in [-0.3, -0.25) is 4.79 Å². The average molecular weight is 447 g/mol. The Morgan fingerprint density at radius 1 is 1.32 bits per heavy atom. The van der Waals surface area contributed by atoms with Gasteiger partial charge in [-0.25, -0.2) is 0 Å². The second-order valence-corrected chi connectivity index (χ2v) is 8.57. The molecule has 1 aliphatic rings. The molecule has 0 bridgehead atoms. The van der Waals surface area contributed by atoms with Crippen LogP contribution in [0.5, 0.6) is 5.75 Å². The summed E-state index contributed by atoms with van der Waals surface area (Å²) in [6.45, 7) is 9.64. The van der Waals surface area contributed by atoms with Crippen LogP contribution in [0.3, 0.4) is 0 Å². The van der Waals surface area contributed by atoms with E-state index in [4.69, 9.17) is 22.1 Å². The van der Waals surface area contributed by atoms with Gasteiger partial charge in [0.15, 0.2) is 0 Å². The van der Waals surface area contributed by atoms with Crippen LogP contribution >= 0.6 is 11.6 Å². The summed E-state index contributed by atoms with van der Waals surface area (Å²) in [6.07, 6.45) is 6.97. The lowest BCUT2D eigenvalue weighted by Gasteiger charge is -2.29. The molecule has 7 heteroatoms. The van der Waals surface area contributed by atoms with Gasteiger partial charge in [-0.05, 0) is 64.3 Å². The molecule has 31 heavy (non-hydrogen) atoms. The van der Waals surface area contributed by atoms with Crippen molar-refractivity contribution in [3.8, 4) is 5.75 Å². The van der Waals surface area contributed by atoms with E-state index in [0.717, 1.165) is 36.3 Å². The predicted molar refractivity (Wildman–Crippen MR) is 129 cm³/mol. The fourth-order valence-electron chi connectivity index (χ4n) is 3.65. The number of hydrogen-bond donors (Lipinski definition) is 4. The minimum Gasteiger partial charge on any atom is -0.489 e. The van der Waals surface area contributed by atoms with Crippen LogP contribution in [-0.2, 0) is 4.79 Å². The molecular formula is C24H35ClN4O2. The van der Waals surface area contributed by atoms with Crippen molar-refractivity contribution in [2.45, 2.75) is 52.6 Å². The van der Waals surface area contributed by atoms with E-state index in [1.165, 1.54) is 0 Å². The third kappa shape index (κ3) is 7.24. The summed E-state index contributed by atoms with van der Waals surface area (Å²) in [5.74, 6) is 0.772. The Bertz CT molecular complexity index is 848. The summed E-state index contributed by atoms with van der Waals surface area (Å²) in [7, 11) is 1.82. The van der Waals surface area contributed by atoms with Crippen LogP contribution in [0.25, 0.3) is 0 Å². The second-order valence-electron chi connectivity index (χ2n) is 8.14. The zero-order valence-corrected chi connectivity index (χ0v) is 19.7. The molecule has 5 N–H and O–H groups in total. The van der Waals surface area contributed by atoms with Crippen LogP contribution in [0.15, 0.2) is 54.1 Å². The molecule has 0 aliphatic heterocycles. The second kappa shape index (κ2) is 11.7. The Morgan fingerprint density at radius 3 is 2.68 bits per heavy atom. The number of hydrogen-bond acceptors (Lipinski definition) is 5. The zero-order chi connectivity index (χ0) is 23.0. The van der Waals surface area contributed by atoms with Crippen LogP contribution in [0.4, 0.5) is 5.69 Å². The molecule has 6 nitrogen and oxygen atoms in total. The van der Waals surface area contributed by atoms with E-state index in [-0.39, 0.29) is 23.8 Å². The van der Waals surface area contributed by atoms with Crippen LogP contribution < -0.4 is 26.4 Å². The van der Waals surface area contributed by atoms with E-state index in [1.807, 2.05) is 40.0 Å². The summed E-state index contributed by atoms with van der Waals surface area (Å²) in [4.78, 5) is 12.8. The van der Waals surface area contributed by atoms with Crippen LogP contribution in [0, 0.1) is 11.8 Å². The first-order valence-corrected chi connectivity index (χ1v) is 11.1. The highest BCUT2D eigenvalue weighted by Crippen LogP contribution is 2.33. The van der Waals surface area contributed by atoms with Crippen LogP contribution in [-0.4, -0.2) is 19.1 Å². The number of allylic oxidation sites excluding steroid dienone is 3. The minimum absolute atomic E-state index is 0.0115. The Balaban J connectivity index is 2.07. The van der Waals surface area contributed by atoms with Gasteiger partial charge < -0.3 is 26.4 Å². The molecule has 0 spiro atoms. The Hall–Kier alpha value is -2.60. The highest BCUT2D eigenvalue weighted by molar-refractivity contribution is 6.30. The highest BCUT2D eigenvalue weighted by atomic mass is 35.5. The van der Waals surface area contributed by atoms with Gasteiger partial charge >= 0.3 is 0 Å². The van der Waals surface area contributed by atoms with Gasteiger partial charge in [0.2, 0.25) is 5.91 Å². The summed E-state index contributed by atoms with van der Waals surface area (Å²) >= 11 is 6.15. The molecule has 1 aromatic rings. The average Bonchev–Trinajstić information content (AvgIpc) is 2.76. The smallest absolute Gasteiger partial charge is 0.227 e. The third-order valence-electron chi connectivity index (χ3n) is 5.46. The number of nitrogens with two attached hydrogens (primary N) is 1. The molecule has 0 saturated heterocycles. The summed E-state index contributed by atoms with van der Waals surface area (Å²) in [5, 5.41) is 9.88. The molecule has 0 aromatic heterocycles. The van der Waals surface area contributed by atoms with Gasteiger partial charge in [-0.2, -0.15) is 0 Å². The number of carbonyl (C=O) groups is 1. The van der Waals surface area contributed by atoms with Crippen molar-refractivity contribution in [3.63, 3.8) is 0 Å². The van der Waals surface area contributed by atoms with Gasteiger partial charge in [0.05, 0.1) is 17.5 Å². The van der Waals surface area contributed by atoms with E-state index in [9.17, 15) is 4.79 Å². The topological polar surface area (TPSA) is 88.4 Å². The number of rotatable bonds is 9.